The highest BCUT2D eigenvalue weighted by atomic mass is 16.5. The van der Waals surface area contributed by atoms with Crippen molar-refractivity contribution in [2.45, 2.75) is 18.9 Å². The normalized spacial score (nSPS) is 22.5. The lowest BCUT2D eigenvalue weighted by atomic mass is 9.96. The number of ether oxygens (including phenoxy) is 3. The Morgan fingerprint density at radius 2 is 2.00 bits per heavy atom. The molecule has 1 N–H and O–H groups in total. The van der Waals surface area contributed by atoms with Crippen LogP contribution < -0.4 is 10.1 Å². The van der Waals surface area contributed by atoms with E-state index in [0.717, 1.165) is 57.3 Å². The number of amides is 1. The van der Waals surface area contributed by atoms with Gasteiger partial charge in [0.2, 0.25) is 5.91 Å². The van der Waals surface area contributed by atoms with Crippen molar-refractivity contribution in [3.05, 3.63) is 29.8 Å². The third kappa shape index (κ3) is 5.17. The van der Waals surface area contributed by atoms with Crippen molar-refractivity contribution in [2.24, 2.45) is 5.92 Å². The summed E-state index contributed by atoms with van der Waals surface area (Å²) in [5, 5.41) is 3.13. The van der Waals surface area contributed by atoms with E-state index in [1.54, 1.807) is 7.11 Å². The average Bonchev–Trinajstić information content (AvgIpc) is 3.18. The van der Waals surface area contributed by atoms with Crippen LogP contribution in [0.3, 0.4) is 0 Å². The standard InChI is InChI=1S/C19H28N2O4/c1-23-17-4-2-15(3-5-17)12-19(22)20-13-18(16-6-9-25-14-16)21-7-10-24-11-8-21/h2-5,16,18H,6-14H2,1H3,(H,20,22). The largest absolute Gasteiger partial charge is 0.497 e. The van der Waals surface area contributed by atoms with Gasteiger partial charge in [0.15, 0.2) is 0 Å². The summed E-state index contributed by atoms with van der Waals surface area (Å²) in [6, 6.07) is 7.96. The van der Waals surface area contributed by atoms with Gasteiger partial charge >= 0.3 is 0 Å². The van der Waals surface area contributed by atoms with Gasteiger partial charge in [0, 0.05) is 38.2 Å². The summed E-state index contributed by atoms with van der Waals surface area (Å²) in [6.45, 7) is 5.67. The van der Waals surface area contributed by atoms with Crippen molar-refractivity contribution >= 4 is 5.91 Å². The molecule has 2 unspecified atom stereocenters. The van der Waals surface area contributed by atoms with Crippen LogP contribution >= 0.6 is 0 Å². The van der Waals surface area contributed by atoms with E-state index in [1.807, 2.05) is 24.3 Å². The van der Waals surface area contributed by atoms with Crippen LogP contribution in [-0.2, 0) is 20.7 Å². The average molecular weight is 348 g/mol. The Hall–Kier alpha value is -1.63. The van der Waals surface area contributed by atoms with Gasteiger partial charge in [-0.25, -0.2) is 0 Å². The summed E-state index contributed by atoms with van der Waals surface area (Å²) >= 11 is 0. The number of benzene rings is 1. The summed E-state index contributed by atoms with van der Waals surface area (Å²) in [5.74, 6) is 1.35. The molecule has 0 saturated carbocycles. The summed E-state index contributed by atoms with van der Waals surface area (Å²) in [5.41, 5.74) is 0.991. The fourth-order valence-corrected chi connectivity index (χ4v) is 3.57. The van der Waals surface area contributed by atoms with Crippen molar-refractivity contribution in [1.29, 1.82) is 0 Å². The second-order valence-electron chi connectivity index (χ2n) is 6.67. The number of hydrogen-bond acceptors (Lipinski definition) is 5. The molecule has 0 aliphatic carbocycles. The zero-order valence-corrected chi connectivity index (χ0v) is 14.9. The Labute approximate surface area is 149 Å². The fourth-order valence-electron chi connectivity index (χ4n) is 3.57. The quantitative estimate of drug-likeness (QED) is 0.799. The van der Waals surface area contributed by atoms with Gasteiger partial charge in [-0.15, -0.1) is 0 Å². The maximum atomic E-state index is 12.4. The molecular weight excluding hydrogens is 320 g/mol. The molecule has 138 valence electrons. The molecule has 2 aliphatic rings. The maximum absolute atomic E-state index is 12.4. The lowest BCUT2D eigenvalue weighted by molar-refractivity contribution is -0.120. The number of methoxy groups -OCH3 is 1. The lowest BCUT2D eigenvalue weighted by Gasteiger charge is -2.37. The number of hydrogen-bond donors (Lipinski definition) is 1. The molecule has 0 aromatic heterocycles. The first kappa shape index (κ1) is 18.2. The molecule has 6 heteroatoms. The van der Waals surface area contributed by atoms with Gasteiger partial charge in [-0.3, -0.25) is 9.69 Å². The SMILES string of the molecule is COc1ccc(CC(=O)NCC(C2CCOC2)N2CCOCC2)cc1. The fraction of sp³-hybridized carbons (Fsp3) is 0.632. The summed E-state index contributed by atoms with van der Waals surface area (Å²) in [4.78, 5) is 14.8. The molecule has 2 heterocycles. The summed E-state index contributed by atoms with van der Waals surface area (Å²) < 4.78 is 16.2. The number of nitrogens with zero attached hydrogens (tertiary/aromatic N) is 1. The number of rotatable bonds is 7. The minimum Gasteiger partial charge on any atom is -0.497 e. The van der Waals surface area contributed by atoms with Crippen LogP contribution in [-0.4, -0.2) is 70.0 Å². The van der Waals surface area contributed by atoms with Crippen LogP contribution in [0.25, 0.3) is 0 Å². The smallest absolute Gasteiger partial charge is 0.224 e. The first-order valence-corrected chi connectivity index (χ1v) is 9.05. The van der Waals surface area contributed by atoms with Crippen molar-refractivity contribution in [3.8, 4) is 5.75 Å². The molecule has 1 aromatic carbocycles. The van der Waals surface area contributed by atoms with Crippen molar-refractivity contribution in [2.75, 3.05) is 53.2 Å². The number of carbonyl (C=O) groups is 1. The van der Waals surface area contributed by atoms with Crippen LogP contribution in [0.15, 0.2) is 24.3 Å². The van der Waals surface area contributed by atoms with Crippen LogP contribution in [0.2, 0.25) is 0 Å². The Morgan fingerprint density at radius 1 is 1.24 bits per heavy atom. The molecule has 2 aliphatic heterocycles. The predicted octanol–water partition coefficient (Wildman–Crippen LogP) is 1.09. The second-order valence-corrected chi connectivity index (χ2v) is 6.67. The van der Waals surface area contributed by atoms with Gasteiger partial charge in [0.05, 0.1) is 33.4 Å². The van der Waals surface area contributed by atoms with Crippen LogP contribution in [0.4, 0.5) is 0 Å². The first-order valence-electron chi connectivity index (χ1n) is 9.05. The monoisotopic (exact) mass is 348 g/mol. The van der Waals surface area contributed by atoms with E-state index < -0.39 is 0 Å². The molecule has 1 amide bonds. The molecule has 25 heavy (non-hydrogen) atoms. The molecule has 0 spiro atoms. The van der Waals surface area contributed by atoms with Crippen LogP contribution in [0, 0.1) is 5.92 Å². The zero-order chi connectivity index (χ0) is 17.5. The van der Waals surface area contributed by atoms with Crippen molar-refractivity contribution < 1.29 is 19.0 Å². The Bertz CT molecular complexity index is 537. The van der Waals surface area contributed by atoms with Crippen molar-refractivity contribution in [3.63, 3.8) is 0 Å². The van der Waals surface area contributed by atoms with Gasteiger partial charge < -0.3 is 19.5 Å². The second kappa shape index (κ2) is 9.17. The minimum atomic E-state index is 0.0577. The van der Waals surface area contributed by atoms with Gasteiger partial charge in [-0.2, -0.15) is 0 Å². The van der Waals surface area contributed by atoms with Gasteiger partial charge in [0.25, 0.3) is 0 Å². The molecule has 2 saturated heterocycles. The molecule has 0 bridgehead atoms. The molecular formula is C19H28N2O4. The lowest BCUT2D eigenvalue weighted by Crippen LogP contribution is -2.52. The van der Waals surface area contributed by atoms with Gasteiger partial charge in [0.1, 0.15) is 5.75 Å². The van der Waals surface area contributed by atoms with Crippen molar-refractivity contribution in [1.82, 2.24) is 10.2 Å². The van der Waals surface area contributed by atoms with E-state index in [4.69, 9.17) is 14.2 Å². The Kier molecular flexibility index (Phi) is 6.67. The topological polar surface area (TPSA) is 60.0 Å². The van der Waals surface area contributed by atoms with E-state index in [9.17, 15) is 4.79 Å². The van der Waals surface area contributed by atoms with Gasteiger partial charge in [-0.05, 0) is 24.1 Å². The van der Waals surface area contributed by atoms with E-state index in [2.05, 4.69) is 10.2 Å². The third-order valence-electron chi connectivity index (χ3n) is 5.06. The summed E-state index contributed by atoms with van der Waals surface area (Å²) in [6.07, 6.45) is 1.46. The van der Waals surface area contributed by atoms with E-state index in [-0.39, 0.29) is 5.91 Å². The molecule has 3 rings (SSSR count). The molecule has 0 radical (unpaired) electrons. The zero-order valence-electron chi connectivity index (χ0n) is 14.9. The molecule has 2 atom stereocenters. The highest BCUT2D eigenvalue weighted by Crippen LogP contribution is 2.22. The van der Waals surface area contributed by atoms with E-state index in [1.165, 1.54) is 0 Å². The third-order valence-corrected chi connectivity index (χ3v) is 5.06. The molecule has 6 nitrogen and oxygen atoms in total. The molecule has 1 aromatic rings. The van der Waals surface area contributed by atoms with E-state index >= 15 is 0 Å². The number of morpholine rings is 1. The summed E-state index contributed by atoms with van der Waals surface area (Å²) in [7, 11) is 1.64. The van der Waals surface area contributed by atoms with Crippen LogP contribution in [0.5, 0.6) is 5.75 Å². The molecule has 2 fully saturated rings. The van der Waals surface area contributed by atoms with Crippen LogP contribution in [0.1, 0.15) is 12.0 Å². The Balaban J connectivity index is 1.52. The number of carbonyl (C=O) groups excluding carboxylic acids is 1. The predicted molar refractivity (Wildman–Crippen MR) is 94.8 cm³/mol. The van der Waals surface area contributed by atoms with E-state index in [0.29, 0.717) is 24.9 Å². The maximum Gasteiger partial charge on any atom is 0.224 e. The van der Waals surface area contributed by atoms with Gasteiger partial charge in [-0.1, -0.05) is 12.1 Å². The number of nitrogens with one attached hydrogen (secondary N) is 1. The highest BCUT2D eigenvalue weighted by molar-refractivity contribution is 5.78. The highest BCUT2D eigenvalue weighted by Gasteiger charge is 2.31. The first-order chi connectivity index (χ1) is 12.3. The Morgan fingerprint density at radius 3 is 2.64 bits per heavy atom. The minimum absolute atomic E-state index is 0.0577.